The number of nitrogens with two attached hydrogens (primary N) is 1. The number of nitrogens with zero attached hydrogens (tertiary/aromatic N) is 1. The fourth-order valence-electron chi connectivity index (χ4n) is 1.86. The van der Waals surface area contributed by atoms with Crippen molar-refractivity contribution in [3.05, 3.63) is 28.3 Å². The lowest BCUT2D eigenvalue weighted by Crippen LogP contribution is -2.41. The van der Waals surface area contributed by atoms with Crippen molar-refractivity contribution in [3.63, 3.8) is 0 Å². The normalized spacial score (nSPS) is 20.5. The van der Waals surface area contributed by atoms with E-state index in [0.29, 0.717) is 11.2 Å². The second-order valence-corrected chi connectivity index (χ2v) is 5.66. The van der Waals surface area contributed by atoms with Crippen LogP contribution >= 0.6 is 0 Å². The number of nitrogen functional groups attached to an aromatic ring is 1. The standard InChI is InChI=1S/C12H17BN2O4/c1-11(2)12(3,4)19-13(18-11)9-6-5-8(15(16)17)7-10(9)14/h5-7H,14H2,1-4H3. The highest BCUT2D eigenvalue weighted by Gasteiger charge is 2.52. The molecule has 19 heavy (non-hydrogen) atoms. The van der Waals surface area contributed by atoms with E-state index < -0.39 is 23.2 Å². The van der Waals surface area contributed by atoms with E-state index in [1.54, 1.807) is 6.07 Å². The summed E-state index contributed by atoms with van der Waals surface area (Å²) < 4.78 is 11.7. The molecule has 1 aliphatic heterocycles. The molecule has 0 bridgehead atoms. The van der Waals surface area contributed by atoms with Crippen molar-refractivity contribution >= 4 is 24.0 Å². The Kier molecular flexibility index (Phi) is 3.06. The van der Waals surface area contributed by atoms with Gasteiger partial charge in [0.25, 0.3) is 5.69 Å². The molecule has 1 saturated heterocycles. The smallest absolute Gasteiger partial charge is 0.399 e. The highest BCUT2D eigenvalue weighted by molar-refractivity contribution is 6.63. The third-order valence-electron chi connectivity index (χ3n) is 3.79. The lowest BCUT2D eigenvalue weighted by molar-refractivity contribution is -0.384. The van der Waals surface area contributed by atoms with Crippen LogP contribution in [0.5, 0.6) is 0 Å². The first-order valence-corrected chi connectivity index (χ1v) is 6.03. The van der Waals surface area contributed by atoms with Gasteiger partial charge in [-0.1, -0.05) is 6.07 Å². The van der Waals surface area contributed by atoms with Crippen LogP contribution in [0, 0.1) is 10.1 Å². The first-order valence-electron chi connectivity index (χ1n) is 6.03. The van der Waals surface area contributed by atoms with E-state index in [9.17, 15) is 10.1 Å². The number of hydrogen-bond donors (Lipinski definition) is 1. The van der Waals surface area contributed by atoms with Gasteiger partial charge in [0.1, 0.15) is 0 Å². The van der Waals surface area contributed by atoms with Crippen LogP contribution in [0.2, 0.25) is 0 Å². The number of benzene rings is 1. The average Bonchev–Trinajstić information content (AvgIpc) is 2.47. The van der Waals surface area contributed by atoms with E-state index >= 15 is 0 Å². The Morgan fingerprint density at radius 3 is 2.16 bits per heavy atom. The number of non-ortho nitro benzene ring substituents is 1. The molecule has 102 valence electrons. The minimum absolute atomic E-state index is 0.0437. The summed E-state index contributed by atoms with van der Waals surface area (Å²) in [7, 11) is -0.606. The molecule has 1 aliphatic rings. The minimum Gasteiger partial charge on any atom is -0.399 e. The average molecular weight is 264 g/mol. The summed E-state index contributed by atoms with van der Waals surface area (Å²) in [5.74, 6) is 0. The van der Waals surface area contributed by atoms with Crippen molar-refractivity contribution in [3.8, 4) is 0 Å². The zero-order chi connectivity index (χ0) is 14.4. The zero-order valence-corrected chi connectivity index (χ0v) is 11.5. The van der Waals surface area contributed by atoms with Crippen molar-refractivity contribution in [2.75, 3.05) is 5.73 Å². The van der Waals surface area contributed by atoms with Crippen molar-refractivity contribution in [1.82, 2.24) is 0 Å². The number of hydrogen-bond acceptors (Lipinski definition) is 5. The first-order chi connectivity index (χ1) is 8.64. The van der Waals surface area contributed by atoms with Gasteiger partial charge in [-0.3, -0.25) is 10.1 Å². The van der Waals surface area contributed by atoms with Gasteiger partial charge in [-0.2, -0.15) is 0 Å². The van der Waals surface area contributed by atoms with Crippen LogP contribution in [0.25, 0.3) is 0 Å². The monoisotopic (exact) mass is 264 g/mol. The molecule has 7 heteroatoms. The van der Waals surface area contributed by atoms with E-state index in [1.807, 2.05) is 27.7 Å². The van der Waals surface area contributed by atoms with Crippen LogP contribution in [0.3, 0.4) is 0 Å². The summed E-state index contributed by atoms with van der Waals surface area (Å²) in [5.41, 5.74) is 5.79. The highest BCUT2D eigenvalue weighted by atomic mass is 16.7. The van der Waals surface area contributed by atoms with Gasteiger partial charge in [0.05, 0.1) is 16.1 Å². The summed E-state index contributed by atoms with van der Waals surface area (Å²) >= 11 is 0. The Hall–Kier alpha value is -1.60. The van der Waals surface area contributed by atoms with E-state index in [4.69, 9.17) is 15.0 Å². The fourth-order valence-corrected chi connectivity index (χ4v) is 1.86. The molecule has 2 N–H and O–H groups in total. The number of anilines is 1. The van der Waals surface area contributed by atoms with Gasteiger partial charge in [-0.25, -0.2) is 0 Å². The molecular weight excluding hydrogens is 247 g/mol. The molecule has 1 aromatic rings. The molecular formula is C12H17BN2O4. The van der Waals surface area contributed by atoms with Crippen LogP contribution in [0.4, 0.5) is 11.4 Å². The first kappa shape index (κ1) is 13.8. The molecule has 6 nitrogen and oxygen atoms in total. The van der Waals surface area contributed by atoms with Crippen LogP contribution in [-0.2, 0) is 9.31 Å². The maximum atomic E-state index is 10.7. The van der Waals surface area contributed by atoms with Crippen LogP contribution < -0.4 is 11.2 Å². The fraction of sp³-hybridized carbons (Fsp3) is 0.500. The third kappa shape index (κ3) is 2.31. The minimum atomic E-state index is -0.606. The second-order valence-electron chi connectivity index (χ2n) is 5.66. The van der Waals surface area contributed by atoms with Gasteiger partial charge in [-0.05, 0) is 27.7 Å². The molecule has 0 spiro atoms. The van der Waals surface area contributed by atoms with E-state index in [0.717, 1.165) is 0 Å². The molecule has 0 saturated carbocycles. The Bertz CT molecular complexity index is 514. The number of nitro benzene ring substituents is 1. The maximum Gasteiger partial charge on any atom is 0.496 e. The summed E-state index contributed by atoms with van der Waals surface area (Å²) in [6.45, 7) is 7.76. The van der Waals surface area contributed by atoms with Crippen LogP contribution in [0.15, 0.2) is 18.2 Å². The Morgan fingerprint density at radius 1 is 1.21 bits per heavy atom. The van der Waals surface area contributed by atoms with Gasteiger partial charge >= 0.3 is 7.12 Å². The summed E-state index contributed by atoms with van der Waals surface area (Å²) in [6, 6.07) is 4.30. The maximum absolute atomic E-state index is 10.7. The Labute approximate surface area is 112 Å². The molecule has 2 rings (SSSR count). The molecule has 1 heterocycles. The zero-order valence-electron chi connectivity index (χ0n) is 11.5. The number of rotatable bonds is 2. The van der Waals surface area contributed by atoms with Crippen molar-refractivity contribution in [1.29, 1.82) is 0 Å². The summed E-state index contributed by atoms with van der Waals surface area (Å²) in [5, 5.41) is 10.7. The summed E-state index contributed by atoms with van der Waals surface area (Å²) in [4.78, 5) is 10.2. The predicted molar refractivity (Wildman–Crippen MR) is 73.2 cm³/mol. The lowest BCUT2D eigenvalue weighted by atomic mass is 9.78. The number of nitro groups is 1. The quantitative estimate of drug-likeness (QED) is 0.378. The molecule has 1 fully saturated rings. The van der Waals surface area contributed by atoms with Crippen molar-refractivity contribution < 1.29 is 14.2 Å². The summed E-state index contributed by atoms with van der Waals surface area (Å²) in [6.07, 6.45) is 0. The van der Waals surface area contributed by atoms with Gasteiger partial charge in [0.15, 0.2) is 0 Å². The van der Waals surface area contributed by atoms with E-state index in [1.165, 1.54) is 12.1 Å². The van der Waals surface area contributed by atoms with Crippen LogP contribution in [-0.4, -0.2) is 23.2 Å². The third-order valence-corrected chi connectivity index (χ3v) is 3.79. The van der Waals surface area contributed by atoms with Crippen molar-refractivity contribution in [2.24, 2.45) is 0 Å². The predicted octanol–water partition coefficient (Wildman–Crippen LogP) is 1.48. The molecule has 0 atom stereocenters. The molecule has 0 aromatic heterocycles. The SMILES string of the molecule is CC1(C)OB(c2ccc([N+](=O)[O-])cc2N)OC1(C)C. The Morgan fingerprint density at radius 2 is 1.74 bits per heavy atom. The molecule has 0 radical (unpaired) electrons. The van der Waals surface area contributed by atoms with Gasteiger partial charge in [-0.15, -0.1) is 0 Å². The van der Waals surface area contributed by atoms with Gasteiger partial charge < -0.3 is 15.0 Å². The van der Waals surface area contributed by atoms with Gasteiger partial charge in [0.2, 0.25) is 0 Å². The van der Waals surface area contributed by atoms with E-state index in [2.05, 4.69) is 0 Å². The molecule has 0 aliphatic carbocycles. The Balaban J connectivity index is 2.33. The molecule has 1 aromatic carbocycles. The van der Waals surface area contributed by atoms with Crippen LogP contribution in [0.1, 0.15) is 27.7 Å². The van der Waals surface area contributed by atoms with Crippen molar-refractivity contribution in [2.45, 2.75) is 38.9 Å². The topological polar surface area (TPSA) is 87.6 Å². The van der Waals surface area contributed by atoms with E-state index in [-0.39, 0.29) is 5.69 Å². The highest BCUT2D eigenvalue weighted by Crippen LogP contribution is 2.37. The van der Waals surface area contributed by atoms with Gasteiger partial charge in [0, 0.05) is 23.3 Å². The second kappa shape index (κ2) is 4.21. The largest absolute Gasteiger partial charge is 0.496 e. The lowest BCUT2D eigenvalue weighted by Gasteiger charge is -2.32. The molecule has 0 amide bonds. The molecule has 0 unspecified atom stereocenters.